The van der Waals surface area contributed by atoms with Crippen molar-refractivity contribution in [3.05, 3.63) is 51.6 Å². The zero-order chi connectivity index (χ0) is 12.8. The Morgan fingerprint density at radius 3 is 2.76 bits per heavy atom. The van der Waals surface area contributed by atoms with Gasteiger partial charge in [0.1, 0.15) is 11.5 Å². The van der Waals surface area contributed by atoms with Gasteiger partial charge in [0.25, 0.3) is 0 Å². The quantitative estimate of drug-likeness (QED) is 0.597. The first-order valence-electron chi connectivity index (χ1n) is 5.31. The smallest absolute Gasteiger partial charge is 0.185 e. The fourth-order valence-electron chi connectivity index (χ4n) is 1.31. The standard InChI is InChI=1S/C13H14Cl2O2/c1-3-4-9(2)5-6-11-7-10(16)8-12(17-11)13(14)15/h4-8,13H,3H2,1-2H3. The molecule has 1 aromatic rings. The zero-order valence-corrected chi connectivity index (χ0v) is 11.3. The van der Waals surface area contributed by atoms with E-state index in [-0.39, 0.29) is 11.2 Å². The summed E-state index contributed by atoms with van der Waals surface area (Å²) in [6, 6.07) is 2.69. The van der Waals surface area contributed by atoms with Gasteiger partial charge in [-0.15, -0.1) is 0 Å². The first-order valence-corrected chi connectivity index (χ1v) is 6.18. The summed E-state index contributed by atoms with van der Waals surface area (Å²) in [6.07, 6.45) is 6.64. The van der Waals surface area contributed by atoms with Crippen LogP contribution < -0.4 is 5.43 Å². The minimum atomic E-state index is -0.830. The van der Waals surface area contributed by atoms with Gasteiger partial charge in [-0.3, -0.25) is 4.79 Å². The van der Waals surface area contributed by atoms with E-state index in [1.807, 2.05) is 13.0 Å². The van der Waals surface area contributed by atoms with E-state index in [0.29, 0.717) is 5.76 Å². The summed E-state index contributed by atoms with van der Waals surface area (Å²) >= 11 is 11.3. The molecule has 92 valence electrons. The molecule has 0 atom stereocenters. The van der Waals surface area contributed by atoms with Crippen LogP contribution in [0.25, 0.3) is 6.08 Å². The van der Waals surface area contributed by atoms with Crippen molar-refractivity contribution in [3.8, 4) is 0 Å². The van der Waals surface area contributed by atoms with E-state index in [2.05, 4.69) is 13.0 Å². The summed E-state index contributed by atoms with van der Waals surface area (Å²) in [4.78, 5) is 10.5. The average molecular weight is 273 g/mol. The van der Waals surface area contributed by atoms with E-state index in [0.717, 1.165) is 12.0 Å². The van der Waals surface area contributed by atoms with Crippen LogP contribution in [-0.2, 0) is 0 Å². The van der Waals surface area contributed by atoms with Gasteiger partial charge in [-0.2, -0.15) is 0 Å². The average Bonchev–Trinajstić information content (AvgIpc) is 2.26. The molecule has 4 heteroatoms. The molecule has 0 aliphatic rings. The monoisotopic (exact) mass is 272 g/mol. The zero-order valence-electron chi connectivity index (χ0n) is 9.74. The first kappa shape index (κ1) is 14.1. The fraction of sp³-hybridized carbons (Fsp3) is 0.308. The summed E-state index contributed by atoms with van der Waals surface area (Å²) in [7, 11) is 0. The van der Waals surface area contributed by atoms with Crippen LogP contribution in [-0.4, -0.2) is 0 Å². The molecular weight excluding hydrogens is 259 g/mol. The van der Waals surface area contributed by atoms with Gasteiger partial charge in [-0.25, -0.2) is 0 Å². The highest BCUT2D eigenvalue weighted by atomic mass is 35.5. The fourth-order valence-corrected chi connectivity index (χ4v) is 1.53. The van der Waals surface area contributed by atoms with Crippen LogP contribution in [0, 0.1) is 0 Å². The molecule has 0 saturated carbocycles. The minimum Gasteiger partial charge on any atom is -0.459 e. The first-order chi connectivity index (χ1) is 8.02. The summed E-state index contributed by atoms with van der Waals surface area (Å²) in [5.41, 5.74) is 0.933. The van der Waals surface area contributed by atoms with Gasteiger partial charge in [-0.05, 0) is 19.4 Å². The lowest BCUT2D eigenvalue weighted by molar-refractivity contribution is 0.497. The highest BCUT2D eigenvalue weighted by Gasteiger charge is 2.07. The van der Waals surface area contributed by atoms with E-state index >= 15 is 0 Å². The summed E-state index contributed by atoms with van der Waals surface area (Å²) in [6.45, 7) is 4.04. The van der Waals surface area contributed by atoms with Gasteiger partial charge in [0, 0.05) is 12.1 Å². The maximum absolute atomic E-state index is 11.4. The summed E-state index contributed by atoms with van der Waals surface area (Å²) in [5.74, 6) is 0.709. The molecule has 0 saturated heterocycles. The third-order valence-electron chi connectivity index (χ3n) is 2.06. The number of allylic oxidation sites excluding steroid dienone is 3. The van der Waals surface area contributed by atoms with Crippen molar-refractivity contribution in [2.45, 2.75) is 25.1 Å². The molecule has 17 heavy (non-hydrogen) atoms. The number of halogens is 2. The normalized spacial score (nSPS) is 12.6. The second kappa shape index (κ2) is 6.67. The maximum Gasteiger partial charge on any atom is 0.185 e. The lowest BCUT2D eigenvalue weighted by Gasteiger charge is -2.01. The molecule has 0 amide bonds. The topological polar surface area (TPSA) is 30.2 Å². The Bertz CT molecular complexity index is 484. The Morgan fingerprint density at radius 2 is 2.18 bits per heavy atom. The lowest BCUT2D eigenvalue weighted by Crippen LogP contribution is -2.00. The van der Waals surface area contributed by atoms with Crippen molar-refractivity contribution in [3.63, 3.8) is 0 Å². The van der Waals surface area contributed by atoms with Gasteiger partial charge in [-0.1, -0.05) is 47.9 Å². The van der Waals surface area contributed by atoms with Crippen molar-refractivity contribution in [2.75, 3.05) is 0 Å². The van der Waals surface area contributed by atoms with Crippen LogP contribution in [0.2, 0.25) is 0 Å². The molecule has 0 aliphatic carbocycles. The van der Waals surface area contributed by atoms with Crippen LogP contribution in [0.3, 0.4) is 0 Å². The molecule has 1 aromatic heterocycles. The molecule has 1 rings (SSSR count). The van der Waals surface area contributed by atoms with E-state index in [9.17, 15) is 4.79 Å². The molecule has 0 unspecified atom stereocenters. The Kier molecular flexibility index (Phi) is 5.52. The van der Waals surface area contributed by atoms with Crippen molar-refractivity contribution >= 4 is 29.3 Å². The predicted octanol–water partition coefficient (Wildman–Crippen LogP) is 4.49. The lowest BCUT2D eigenvalue weighted by atomic mass is 10.2. The van der Waals surface area contributed by atoms with Crippen molar-refractivity contribution in [1.82, 2.24) is 0 Å². The van der Waals surface area contributed by atoms with Crippen LogP contribution in [0.15, 0.2) is 39.1 Å². The molecule has 0 aromatic carbocycles. The highest BCUT2D eigenvalue weighted by molar-refractivity contribution is 6.43. The highest BCUT2D eigenvalue weighted by Crippen LogP contribution is 2.24. The predicted molar refractivity (Wildman–Crippen MR) is 72.5 cm³/mol. The molecule has 0 fully saturated rings. The molecular formula is C13H14Cl2O2. The van der Waals surface area contributed by atoms with Gasteiger partial charge < -0.3 is 4.42 Å². The van der Waals surface area contributed by atoms with Gasteiger partial charge in [0.15, 0.2) is 10.3 Å². The largest absolute Gasteiger partial charge is 0.459 e. The summed E-state index contributed by atoms with van der Waals surface area (Å²) < 4.78 is 5.37. The Labute approximate surface area is 111 Å². The molecule has 0 aliphatic heterocycles. The molecule has 2 nitrogen and oxygen atoms in total. The maximum atomic E-state index is 11.4. The van der Waals surface area contributed by atoms with E-state index in [1.165, 1.54) is 12.1 Å². The molecule has 0 spiro atoms. The molecule has 1 heterocycles. The van der Waals surface area contributed by atoms with E-state index in [4.69, 9.17) is 27.6 Å². The second-order valence-corrected chi connectivity index (χ2v) is 4.68. The summed E-state index contributed by atoms with van der Waals surface area (Å²) in [5, 5.41) is 0. The molecule has 0 N–H and O–H groups in total. The number of rotatable bonds is 4. The number of hydrogen-bond acceptors (Lipinski definition) is 2. The van der Waals surface area contributed by atoms with Crippen LogP contribution in [0.4, 0.5) is 0 Å². The third kappa shape index (κ3) is 4.80. The van der Waals surface area contributed by atoms with Gasteiger partial charge in [0.05, 0.1) is 0 Å². The van der Waals surface area contributed by atoms with Gasteiger partial charge >= 0.3 is 0 Å². The third-order valence-corrected chi connectivity index (χ3v) is 2.49. The molecule has 0 radical (unpaired) electrons. The van der Waals surface area contributed by atoms with Crippen molar-refractivity contribution in [2.24, 2.45) is 0 Å². The van der Waals surface area contributed by atoms with Crippen LogP contribution >= 0.6 is 23.2 Å². The number of alkyl halides is 2. The van der Waals surface area contributed by atoms with Crippen molar-refractivity contribution < 1.29 is 4.42 Å². The number of hydrogen-bond donors (Lipinski definition) is 0. The van der Waals surface area contributed by atoms with Crippen molar-refractivity contribution in [1.29, 1.82) is 0 Å². The SMILES string of the molecule is CCC=C(C)C=Cc1cc(=O)cc(C(Cl)Cl)o1. The van der Waals surface area contributed by atoms with Crippen LogP contribution in [0.1, 0.15) is 36.6 Å². The Morgan fingerprint density at radius 1 is 1.47 bits per heavy atom. The molecule has 0 bridgehead atoms. The Hall–Kier alpha value is -0.990. The second-order valence-electron chi connectivity index (χ2n) is 3.59. The van der Waals surface area contributed by atoms with E-state index < -0.39 is 4.84 Å². The Balaban J connectivity index is 2.99. The van der Waals surface area contributed by atoms with Crippen LogP contribution in [0.5, 0.6) is 0 Å². The van der Waals surface area contributed by atoms with Gasteiger partial charge in [0.2, 0.25) is 0 Å². The van der Waals surface area contributed by atoms with E-state index in [1.54, 1.807) is 6.08 Å². The minimum absolute atomic E-state index is 0.172.